The number of aryl methyl sites for hydroxylation is 2. The van der Waals surface area contributed by atoms with Gasteiger partial charge in [0.1, 0.15) is 10.0 Å². The van der Waals surface area contributed by atoms with Crippen molar-refractivity contribution in [2.24, 2.45) is 5.92 Å². The number of rotatable bonds is 7. The predicted molar refractivity (Wildman–Crippen MR) is 93.8 cm³/mol. The van der Waals surface area contributed by atoms with Gasteiger partial charge < -0.3 is 5.32 Å². The van der Waals surface area contributed by atoms with E-state index < -0.39 is 0 Å². The predicted octanol–water partition coefficient (Wildman–Crippen LogP) is 4.45. The highest BCUT2D eigenvalue weighted by Crippen LogP contribution is 2.27. The van der Waals surface area contributed by atoms with Crippen molar-refractivity contribution < 1.29 is 0 Å². The number of hydrogen-bond donors (Lipinski definition) is 1. The first kappa shape index (κ1) is 16.6. The first-order valence-corrected chi connectivity index (χ1v) is 8.97. The minimum atomic E-state index is 0.707. The maximum absolute atomic E-state index is 4.32. The number of nitrogens with one attached hydrogen (secondary N) is 1. The molecule has 0 amide bonds. The van der Waals surface area contributed by atoms with Crippen LogP contribution in [-0.2, 0) is 6.42 Å². The molecule has 0 atom stereocenters. The summed E-state index contributed by atoms with van der Waals surface area (Å²) in [6.07, 6.45) is 2.11. The number of benzene rings is 1. The Balaban J connectivity index is 1.87. The molecule has 1 aromatic carbocycles. The van der Waals surface area contributed by atoms with E-state index in [-0.39, 0.29) is 0 Å². The van der Waals surface area contributed by atoms with Gasteiger partial charge >= 0.3 is 0 Å². The Bertz CT molecular complexity index is 581. The highest BCUT2D eigenvalue weighted by molar-refractivity contribution is 9.10. The van der Waals surface area contributed by atoms with Gasteiger partial charge in [0.25, 0.3) is 0 Å². The maximum Gasteiger partial charge on any atom is 0.147 e. The molecule has 0 aliphatic rings. The Kier molecular flexibility index (Phi) is 6.33. The van der Waals surface area contributed by atoms with Crippen LogP contribution in [0.15, 0.2) is 22.7 Å². The van der Waals surface area contributed by atoms with E-state index in [9.17, 15) is 0 Å². The van der Waals surface area contributed by atoms with Crippen LogP contribution in [0.5, 0.6) is 0 Å². The topological polar surface area (TPSA) is 37.8 Å². The van der Waals surface area contributed by atoms with Crippen molar-refractivity contribution in [3.05, 3.63) is 33.2 Å². The molecule has 1 heterocycles. The number of hydrogen-bond acceptors (Lipinski definition) is 4. The minimum absolute atomic E-state index is 0.707. The van der Waals surface area contributed by atoms with Crippen LogP contribution in [0.3, 0.4) is 0 Å². The highest BCUT2D eigenvalue weighted by Gasteiger charge is 2.07. The van der Waals surface area contributed by atoms with Crippen LogP contribution in [-0.4, -0.2) is 23.3 Å². The molecule has 0 fully saturated rings. The molecule has 0 radical (unpaired) electrons. The average molecular weight is 368 g/mol. The Morgan fingerprint density at radius 1 is 1.29 bits per heavy atom. The van der Waals surface area contributed by atoms with E-state index in [0.29, 0.717) is 5.92 Å². The zero-order valence-corrected chi connectivity index (χ0v) is 15.2. The van der Waals surface area contributed by atoms with E-state index in [2.05, 4.69) is 70.4 Å². The normalized spacial score (nSPS) is 11.3. The lowest BCUT2D eigenvalue weighted by Crippen LogP contribution is -2.21. The molecule has 0 bridgehead atoms. The molecule has 0 aliphatic heterocycles. The van der Waals surface area contributed by atoms with Crippen molar-refractivity contribution in [1.29, 1.82) is 0 Å². The smallest absolute Gasteiger partial charge is 0.147 e. The second kappa shape index (κ2) is 8.01. The molecular weight excluding hydrogens is 346 g/mol. The van der Waals surface area contributed by atoms with E-state index in [1.165, 1.54) is 5.56 Å². The Hall–Kier alpha value is -0.780. The second-order valence-corrected chi connectivity index (χ2v) is 7.58. The van der Waals surface area contributed by atoms with Crippen LogP contribution in [0.2, 0.25) is 0 Å². The molecule has 21 heavy (non-hydrogen) atoms. The molecule has 2 aromatic rings. The molecule has 1 aromatic heterocycles. The maximum atomic E-state index is 4.32. The molecule has 2 rings (SSSR count). The summed E-state index contributed by atoms with van der Waals surface area (Å²) in [6, 6.07) is 6.31. The Morgan fingerprint density at radius 3 is 2.81 bits per heavy atom. The molecule has 0 saturated heterocycles. The van der Waals surface area contributed by atoms with Gasteiger partial charge in [-0.05, 0) is 50.0 Å². The van der Waals surface area contributed by atoms with Gasteiger partial charge in [-0.15, -0.1) is 10.2 Å². The van der Waals surface area contributed by atoms with Crippen LogP contribution < -0.4 is 5.32 Å². The number of nitrogens with zero attached hydrogens (tertiary/aromatic N) is 2. The lowest BCUT2D eigenvalue weighted by atomic mass is 10.1. The van der Waals surface area contributed by atoms with Crippen molar-refractivity contribution in [2.45, 2.75) is 33.6 Å². The Morgan fingerprint density at radius 2 is 2.10 bits per heavy atom. The molecule has 5 heteroatoms. The summed E-state index contributed by atoms with van der Waals surface area (Å²) in [5, 5.41) is 14.2. The molecule has 3 nitrogen and oxygen atoms in total. The largest absolute Gasteiger partial charge is 0.316 e. The quantitative estimate of drug-likeness (QED) is 0.734. The highest BCUT2D eigenvalue weighted by atomic mass is 79.9. The van der Waals surface area contributed by atoms with E-state index in [4.69, 9.17) is 0 Å². The van der Waals surface area contributed by atoms with Gasteiger partial charge in [0.2, 0.25) is 0 Å². The van der Waals surface area contributed by atoms with Gasteiger partial charge in [-0.25, -0.2) is 0 Å². The number of halogens is 1. The van der Waals surface area contributed by atoms with E-state index in [1.807, 2.05) is 0 Å². The molecule has 0 spiro atoms. The average Bonchev–Trinajstić information content (AvgIpc) is 2.90. The van der Waals surface area contributed by atoms with Crippen molar-refractivity contribution >= 4 is 27.3 Å². The van der Waals surface area contributed by atoms with Crippen LogP contribution in [0.4, 0.5) is 0 Å². The summed E-state index contributed by atoms with van der Waals surface area (Å²) >= 11 is 5.23. The van der Waals surface area contributed by atoms with Crippen LogP contribution >= 0.6 is 27.3 Å². The van der Waals surface area contributed by atoms with Gasteiger partial charge in [-0.3, -0.25) is 0 Å². The SMILES string of the molecule is Cc1cc(-c2nnc(CCCNCC(C)C)s2)ccc1Br. The van der Waals surface area contributed by atoms with E-state index in [1.54, 1.807) is 11.3 Å². The Labute approximate surface area is 139 Å². The fraction of sp³-hybridized carbons (Fsp3) is 0.500. The van der Waals surface area contributed by atoms with E-state index >= 15 is 0 Å². The van der Waals surface area contributed by atoms with Gasteiger partial charge in [-0.1, -0.05) is 47.2 Å². The summed E-state index contributed by atoms with van der Waals surface area (Å²) in [5.74, 6) is 0.707. The molecule has 0 aliphatic carbocycles. The molecule has 114 valence electrons. The van der Waals surface area contributed by atoms with E-state index in [0.717, 1.165) is 46.0 Å². The first-order chi connectivity index (χ1) is 10.1. The van der Waals surface area contributed by atoms with Crippen LogP contribution in [0.1, 0.15) is 30.8 Å². The third-order valence-electron chi connectivity index (χ3n) is 3.17. The fourth-order valence-corrected chi connectivity index (χ4v) is 3.13. The van der Waals surface area contributed by atoms with Gasteiger partial charge in [0.15, 0.2) is 0 Å². The third kappa shape index (κ3) is 5.16. The van der Waals surface area contributed by atoms with Crippen molar-refractivity contribution in [3.63, 3.8) is 0 Å². The van der Waals surface area contributed by atoms with Crippen molar-refractivity contribution in [1.82, 2.24) is 15.5 Å². The third-order valence-corrected chi connectivity index (χ3v) is 5.09. The standard InChI is InChI=1S/C16H22BrN3S/c1-11(2)10-18-8-4-5-15-19-20-16(21-15)13-6-7-14(17)12(3)9-13/h6-7,9,11,18H,4-5,8,10H2,1-3H3. The summed E-state index contributed by atoms with van der Waals surface area (Å²) in [6.45, 7) is 8.67. The summed E-state index contributed by atoms with van der Waals surface area (Å²) in [4.78, 5) is 0. The van der Waals surface area contributed by atoms with Crippen LogP contribution in [0, 0.1) is 12.8 Å². The lowest BCUT2D eigenvalue weighted by Gasteiger charge is -2.05. The second-order valence-electron chi connectivity index (χ2n) is 5.67. The zero-order chi connectivity index (χ0) is 15.2. The first-order valence-electron chi connectivity index (χ1n) is 7.36. The zero-order valence-electron chi connectivity index (χ0n) is 12.8. The monoisotopic (exact) mass is 367 g/mol. The lowest BCUT2D eigenvalue weighted by molar-refractivity contribution is 0.542. The van der Waals surface area contributed by atoms with Crippen molar-refractivity contribution in [2.75, 3.05) is 13.1 Å². The molecule has 0 unspecified atom stereocenters. The summed E-state index contributed by atoms with van der Waals surface area (Å²) in [7, 11) is 0. The summed E-state index contributed by atoms with van der Waals surface area (Å²) in [5.41, 5.74) is 2.37. The number of aromatic nitrogens is 2. The minimum Gasteiger partial charge on any atom is -0.316 e. The van der Waals surface area contributed by atoms with Crippen molar-refractivity contribution in [3.8, 4) is 10.6 Å². The molecule has 1 N–H and O–H groups in total. The van der Waals surface area contributed by atoms with Gasteiger partial charge in [-0.2, -0.15) is 0 Å². The summed E-state index contributed by atoms with van der Waals surface area (Å²) < 4.78 is 1.13. The van der Waals surface area contributed by atoms with Crippen LogP contribution in [0.25, 0.3) is 10.6 Å². The fourth-order valence-electron chi connectivity index (χ4n) is 2.00. The van der Waals surface area contributed by atoms with Gasteiger partial charge in [0.05, 0.1) is 0 Å². The molecule has 0 saturated carbocycles. The molecular formula is C16H22BrN3S. The van der Waals surface area contributed by atoms with Gasteiger partial charge in [0, 0.05) is 16.5 Å².